The number of urea groups is 1. The van der Waals surface area contributed by atoms with Crippen molar-refractivity contribution in [1.29, 1.82) is 0 Å². The molecular weight excluding hydrogens is 454 g/mol. The zero-order valence-corrected chi connectivity index (χ0v) is 20.8. The van der Waals surface area contributed by atoms with Crippen LogP contribution in [0.4, 0.5) is 22.1 Å². The number of nitrogens with zero attached hydrogens (tertiary/aromatic N) is 4. The number of piperidine rings is 2. The molecule has 0 unspecified atom stereocenters. The Morgan fingerprint density at radius 1 is 1.08 bits per heavy atom. The lowest BCUT2D eigenvalue weighted by molar-refractivity contribution is -0.119. The first kappa shape index (κ1) is 23.2. The summed E-state index contributed by atoms with van der Waals surface area (Å²) in [5.74, 6) is 2.55. The van der Waals surface area contributed by atoms with Crippen LogP contribution < -0.4 is 20.9 Å². The molecular formula is C27H35N7O2. The molecule has 2 aromatic heterocycles. The van der Waals surface area contributed by atoms with E-state index >= 15 is 0 Å². The molecule has 2 saturated heterocycles. The van der Waals surface area contributed by atoms with E-state index in [1.54, 1.807) is 11.1 Å². The maximum absolute atomic E-state index is 12.9. The first-order valence-corrected chi connectivity index (χ1v) is 13.3. The molecule has 2 aromatic rings. The smallest absolute Gasteiger partial charge is 0.323 e. The summed E-state index contributed by atoms with van der Waals surface area (Å²) in [6, 6.07) is 8.05. The molecule has 0 radical (unpaired) electrons. The number of aromatic nitrogens is 2. The molecule has 3 amide bonds. The van der Waals surface area contributed by atoms with Gasteiger partial charge in [0.25, 0.3) is 0 Å². The highest BCUT2D eigenvalue weighted by atomic mass is 16.2. The molecule has 9 heteroatoms. The summed E-state index contributed by atoms with van der Waals surface area (Å²) in [4.78, 5) is 38.7. The number of pyridine rings is 2. The zero-order valence-electron chi connectivity index (χ0n) is 20.8. The minimum absolute atomic E-state index is 0.0473. The van der Waals surface area contributed by atoms with E-state index in [4.69, 9.17) is 0 Å². The molecule has 2 bridgehead atoms. The highest BCUT2D eigenvalue weighted by Crippen LogP contribution is 2.39. The third-order valence-corrected chi connectivity index (χ3v) is 8.31. The molecule has 2 aliphatic carbocycles. The van der Waals surface area contributed by atoms with Gasteiger partial charge in [0.2, 0.25) is 5.91 Å². The third kappa shape index (κ3) is 4.89. The van der Waals surface area contributed by atoms with Gasteiger partial charge in [-0.15, -0.1) is 0 Å². The zero-order chi connectivity index (χ0) is 24.6. The molecule has 4 fully saturated rings. The van der Waals surface area contributed by atoms with Crippen LogP contribution in [0.15, 0.2) is 36.7 Å². The molecule has 36 heavy (non-hydrogen) atoms. The number of hydrogen-bond acceptors (Lipinski definition) is 6. The minimum atomic E-state index is -0.152. The van der Waals surface area contributed by atoms with Gasteiger partial charge in [-0.2, -0.15) is 0 Å². The van der Waals surface area contributed by atoms with Crippen LogP contribution in [-0.2, 0) is 4.79 Å². The van der Waals surface area contributed by atoms with Crippen molar-refractivity contribution in [1.82, 2.24) is 20.2 Å². The number of likely N-dealkylation sites (N-methyl/N-ethyl adjacent to an activating group) is 1. The average molecular weight is 490 g/mol. The Balaban J connectivity index is 1.06. The fraction of sp³-hybridized carbons (Fsp3) is 0.556. The van der Waals surface area contributed by atoms with Crippen LogP contribution in [0.1, 0.15) is 56.4 Å². The molecule has 4 atom stereocenters. The number of carbonyl (C=O) groups is 2. The number of rotatable bonds is 6. The molecule has 4 aliphatic rings. The van der Waals surface area contributed by atoms with Gasteiger partial charge in [-0.25, -0.2) is 14.8 Å². The first-order valence-electron chi connectivity index (χ1n) is 13.3. The Morgan fingerprint density at radius 2 is 1.97 bits per heavy atom. The normalized spacial score (nSPS) is 27.1. The number of hydrogen-bond donors (Lipinski definition) is 3. The summed E-state index contributed by atoms with van der Waals surface area (Å²) in [5, 5.41) is 9.49. The molecule has 190 valence electrons. The summed E-state index contributed by atoms with van der Waals surface area (Å²) in [7, 11) is 1.84. The van der Waals surface area contributed by atoms with Gasteiger partial charge in [-0.05, 0) is 74.5 Å². The molecule has 2 saturated carbocycles. The van der Waals surface area contributed by atoms with Crippen molar-refractivity contribution in [2.75, 3.05) is 35.7 Å². The van der Waals surface area contributed by atoms with Crippen LogP contribution in [0, 0.1) is 5.92 Å². The lowest BCUT2D eigenvalue weighted by Gasteiger charge is -2.38. The monoisotopic (exact) mass is 489 g/mol. The molecule has 4 heterocycles. The van der Waals surface area contributed by atoms with Crippen LogP contribution in [0.5, 0.6) is 0 Å². The molecule has 6 rings (SSSR count). The fourth-order valence-corrected chi connectivity index (χ4v) is 6.02. The molecule has 3 N–H and O–H groups in total. The van der Waals surface area contributed by atoms with Crippen molar-refractivity contribution in [2.45, 2.75) is 69.0 Å². The average Bonchev–Trinajstić information content (AvgIpc) is 3.54. The molecule has 0 spiro atoms. The minimum Gasteiger partial charge on any atom is -0.354 e. The van der Waals surface area contributed by atoms with Crippen molar-refractivity contribution in [3.63, 3.8) is 0 Å². The Kier molecular flexibility index (Phi) is 6.25. The van der Waals surface area contributed by atoms with Crippen LogP contribution in [0.25, 0.3) is 0 Å². The van der Waals surface area contributed by atoms with E-state index in [1.165, 1.54) is 24.8 Å². The maximum atomic E-state index is 12.9. The van der Waals surface area contributed by atoms with Gasteiger partial charge in [0, 0.05) is 50.3 Å². The molecule has 0 aromatic carbocycles. The Morgan fingerprint density at radius 3 is 2.69 bits per heavy atom. The summed E-state index contributed by atoms with van der Waals surface area (Å²) >= 11 is 0. The number of nitrogens with one attached hydrogen (secondary N) is 3. The van der Waals surface area contributed by atoms with Crippen molar-refractivity contribution >= 4 is 29.3 Å². The van der Waals surface area contributed by atoms with E-state index in [-0.39, 0.29) is 24.0 Å². The summed E-state index contributed by atoms with van der Waals surface area (Å²) in [6.45, 7) is 1.56. The van der Waals surface area contributed by atoms with Gasteiger partial charge in [0.1, 0.15) is 11.6 Å². The van der Waals surface area contributed by atoms with E-state index in [9.17, 15) is 9.59 Å². The lowest BCUT2D eigenvalue weighted by atomic mass is 9.99. The second-order valence-electron chi connectivity index (χ2n) is 10.8. The second kappa shape index (κ2) is 9.69. The Hall–Kier alpha value is -3.20. The predicted molar refractivity (Wildman–Crippen MR) is 139 cm³/mol. The molecule has 2 aliphatic heterocycles. The van der Waals surface area contributed by atoms with Crippen LogP contribution in [0.2, 0.25) is 0 Å². The van der Waals surface area contributed by atoms with E-state index in [1.807, 2.05) is 31.4 Å². The van der Waals surface area contributed by atoms with Gasteiger partial charge in [0.05, 0.1) is 12.1 Å². The van der Waals surface area contributed by atoms with E-state index in [0.29, 0.717) is 30.2 Å². The highest BCUT2D eigenvalue weighted by Gasteiger charge is 2.42. The van der Waals surface area contributed by atoms with Crippen molar-refractivity contribution in [3.05, 3.63) is 42.2 Å². The van der Waals surface area contributed by atoms with Gasteiger partial charge in [-0.1, -0.05) is 6.07 Å². The van der Waals surface area contributed by atoms with Gasteiger partial charge in [0.15, 0.2) is 0 Å². The van der Waals surface area contributed by atoms with E-state index < -0.39 is 0 Å². The van der Waals surface area contributed by atoms with Crippen LogP contribution in [-0.4, -0.2) is 65.1 Å². The van der Waals surface area contributed by atoms with Crippen molar-refractivity contribution < 1.29 is 9.59 Å². The third-order valence-electron chi connectivity index (χ3n) is 8.31. The first-order chi connectivity index (χ1) is 17.5. The van der Waals surface area contributed by atoms with E-state index in [2.05, 4.69) is 36.9 Å². The highest BCUT2D eigenvalue weighted by molar-refractivity contribution is 5.95. The second-order valence-corrected chi connectivity index (χ2v) is 10.8. The lowest BCUT2D eigenvalue weighted by Crippen LogP contribution is -2.50. The fourth-order valence-electron chi connectivity index (χ4n) is 6.02. The summed E-state index contributed by atoms with van der Waals surface area (Å²) < 4.78 is 0. The standard InChI is InChI=1S/C27H35N7O2/c1-33(27(36)32-23-9-7-19(15-29-23)17-4-5-17)22-3-2-12-34(16-22)24-14-21(10-11-28-24)31-26(35)25-18-6-8-20(13-18)30-25/h7,9-11,14-15,17-18,20,22,25,30H,2-6,8,12-13,16H2,1H3,(H,28,31,35)(H,29,32,36)/t18-,20+,22-,25-/m1/s1. The number of amides is 3. The summed E-state index contributed by atoms with van der Waals surface area (Å²) in [6.07, 6.45) is 11.4. The number of anilines is 3. The predicted octanol–water partition coefficient (Wildman–Crippen LogP) is 3.57. The van der Waals surface area contributed by atoms with Gasteiger partial charge >= 0.3 is 6.03 Å². The topological polar surface area (TPSA) is 102 Å². The SMILES string of the molecule is CN(C(=O)Nc1ccc(C2CC2)cn1)[C@@H]1CCCN(c2cc(NC(=O)[C@@H]3N[C@H]4CC[C@@H]3C4)ccn2)C1. The van der Waals surface area contributed by atoms with Crippen molar-refractivity contribution in [2.24, 2.45) is 5.92 Å². The summed E-state index contributed by atoms with van der Waals surface area (Å²) in [5.41, 5.74) is 2.02. The number of carbonyl (C=O) groups excluding carboxylic acids is 2. The largest absolute Gasteiger partial charge is 0.354 e. The van der Waals surface area contributed by atoms with Gasteiger partial charge < -0.3 is 20.4 Å². The van der Waals surface area contributed by atoms with Crippen LogP contribution >= 0.6 is 0 Å². The Labute approximate surface area is 212 Å². The maximum Gasteiger partial charge on any atom is 0.323 e. The molecule has 9 nitrogen and oxygen atoms in total. The van der Waals surface area contributed by atoms with E-state index in [0.717, 1.165) is 43.7 Å². The van der Waals surface area contributed by atoms with Crippen molar-refractivity contribution in [3.8, 4) is 0 Å². The Bertz CT molecular complexity index is 1120. The van der Waals surface area contributed by atoms with Gasteiger partial charge in [-0.3, -0.25) is 10.1 Å². The number of fused-ring (bicyclic) bond motifs is 2. The quantitative estimate of drug-likeness (QED) is 0.573. The van der Waals surface area contributed by atoms with Crippen LogP contribution in [0.3, 0.4) is 0 Å².